The van der Waals surface area contributed by atoms with Crippen LogP contribution in [0.2, 0.25) is 5.02 Å². The van der Waals surface area contributed by atoms with Gasteiger partial charge in [0.1, 0.15) is 16.8 Å². The number of rotatable bonds is 5. The minimum Gasteiger partial charge on any atom is -0.478 e. The van der Waals surface area contributed by atoms with Crippen LogP contribution in [0.1, 0.15) is 25.0 Å². The summed E-state index contributed by atoms with van der Waals surface area (Å²) >= 11 is 5.92. The van der Waals surface area contributed by atoms with Crippen molar-refractivity contribution in [2.45, 2.75) is 33.3 Å². The zero-order valence-corrected chi connectivity index (χ0v) is 18.6. The largest absolute Gasteiger partial charge is 0.478 e. The molecule has 1 heterocycles. The van der Waals surface area contributed by atoms with Crippen molar-refractivity contribution < 1.29 is 9.53 Å². The Hall–Kier alpha value is -3.38. The molecule has 31 heavy (non-hydrogen) atoms. The summed E-state index contributed by atoms with van der Waals surface area (Å²) in [4.78, 5) is 14.5. The number of carbonyl (C=O) groups is 1. The molecule has 0 saturated carbocycles. The van der Waals surface area contributed by atoms with E-state index in [1.807, 2.05) is 50.2 Å². The van der Waals surface area contributed by atoms with E-state index in [-0.39, 0.29) is 5.91 Å². The van der Waals surface area contributed by atoms with Crippen molar-refractivity contribution in [3.05, 3.63) is 76.8 Å². The van der Waals surface area contributed by atoms with Crippen molar-refractivity contribution in [1.29, 1.82) is 0 Å². The lowest BCUT2D eigenvalue weighted by Gasteiger charge is -2.25. The molecule has 158 valence electrons. The molecule has 0 saturated heterocycles. The van der Waals surface area contributed by atoms with Crippen LogP contribution in [0.5, 0.6) is 5.75 Å². The number of hydrogen-bond donors (Lipinski definition) is 1. The van der Waals surface area contributed by atoms with Gasteiger partial charge in [-0.3, -0.25) is 4.79 Å². The van der Waals surface area contributed by atoms with Crippen LogP contribution in [-0.4, -0.2) is 26.5 Å². The normalized spacial score (nSPS) is 11.5. The molecular weight excluding hydrogens is 412 g/mol. The Morgan fingerprint density at radius 2 is 1.58 bits per heavy atom. The van der Waals surface area contributed by atoms with Gasteiger partial charge in [0.05, 0.1) is 5.69 Å². The van der Waals surface area contributed by atoms with Crippen molar-refractivity contribution >= 4 is 34.2 Å². The number of halogens is 1. The third-order valence-electron chi connectivity index (χ3n) is 4.97. The number of amides is 1. The third-order valence-corrected chi connectivity index (χ3v) is 5.23. The maximum atomic E-state index is 12.9. The highest BCUT2D eigenvalue weighted by molar-refractivity contribution is 6.30. The molecule has 0 unspecified atom stereocenters. The first-order valence-corrected chi connectivity index (χ1v) is 10.3. The van der Waals surface area contributed by atoms with Gasteiger partial charge in [0.2, 0.25) is 0 Å². The number of aryl methyl sites for hydroxylation is 2. The summed E-state index contributed by atoms with van der Waals surface area (Å²) in [6.07, 6.45) is 0. The highest BCUT2D eigenvalue weighted by Crippen LogP contribution is 2.25. The van der Waals surface area contributed by atoms with Crippen LogP contribution in [-0.2, 0) is 4.79 Å². The molecule has 0 fully saturated rings. The molecule has 0 aliphatic rings. The second kappa shape index (κ2) is 8.04. The van der Waals surface area contributed by atoms with Gasteiger partial charge < -0.3 is 10.1 Å². The Kier molecular flexibility index (Phi) is 5.41. The number of ether oxygens (including phenoxy) is 1. The van der Waals surface area contributed by atoms with Crippen LogP contribution in [0.15, 0.2) is 60.7 Å². The maximum absolute atomic E-state index is 12.9. The van der Waals surface area contributed by atoms with Crippen molar-refractivity contribution in [2.24, 2.45) is 0 Å². The number of fused-ring (bicyclic) bond motifs is 1. The van der Waals surface area contributed by atoms with Crippen LogP contribution in [0.4, 0.5) is 5.69 Å². The van der Waals surface area contributed by atoms with E-state index in [1.54, 1.807) is 42.9 Å². The van der Waals surface area contributed by atoms with E-state index < -0.39 is 5.60 Å². The second-order valence-corrected chi connectivity index (χ2v) is 8.44. The van der Waals surface area contributed by atoms with Gasteiger partial charge in [-0.15, -0.1) is 10.2 Å². The Balaban J connectivity index is 1.57. The summed E-state index contributed by atoms with van der Waals surface area (Å²) in [5.74, 6) is 0.300. The first-order chi connectivity index (χ1) is 14.7. The van der Waals surface area contributed by atoms with Gasteiger partial charge in [-0.05, 0) is 81.8 Å². The van der Waals surface area contributed by atoms with E-state index in [9.17, 15) is 4.79 Å². The first kappa shape index (κ1) is 20.9. The Bertz CT molecular complexity index is 1250. The Morgan fingerprint density at radius 3 is 2.23 bits per heavy atom. The number of anilines is 1. The summed E-state index contributed by atoms with van der Waals surface area (Å²) in [6, 6.07) is 18.6. The van der Waals surface area contributed by atoms with Crippen molar-refractivity contribution in [1.82, 2.24) is 15.0 Å². The summed E-state index contributed by atoms with van der Waals surface area (Å²) in [6.45, 7) is 7.40. The summed E-state index contributed by atoms with van der Waals surface area (Å²) < 4.78 is 5.89. The van der Waals surface area contributed by atoms with Gasteiger partial charge in [0.25, 0.3) is 5.91 Å². The van der Waals surface area contributed by atoms with Crippen molar-refractivity contribution in [2.75, 3.05) is 5.32 Å². The zero-order valence-electron chi connectivity index (χ0n) is 17.8. The standard InChI is InChI=1S/C24H23ClN4O2/c1-15-5-9-18(10-6-15)29-27-21-13-16(2)20(14-22(21)28-29)26-23(30)24(3,4)31-19-11-7-17(25)8-12-19/h5-14H,1-4H3,(H,26,30). The molecule has 7 heteroatoms. The Labute approximate surface area is 185 Å². The highest BCUT2D eigenvalue weighted by Gasteiger charge is 2.30. The average molecular weight is 435 g/mol. The van der Waals surface area contributed by atoms with Gasteiger partial charge in [0, 0.05) is 10.7 Å². The second-order valence-electron chi connectivity index (χ2n) is 8.00. The molecule has 0 spiro atoms. The average Bonchev–Trinajstić information content (AvgIpc) is 3.13. The van der Waals surface area contributed by atoms with E-state index in [2.05, 4.69) is 15.5 Å². The van der Waals surface area contributed by atoms with Crippen LogP contribution < -0.4 is 10.1 Å². The van der Waals surface area contributed by atoms with Crippen LogP contribution in [0, 0.1) is 13.8 Å². The fraction of sp³-hybridized carbons (Fsp3) is 0.208. The molecule has 0 atom stereocenters. The molecule has 4 aromatic rings. The molecule has 4 rings (SSSR count). The zero-order chi connectivity index (χ0) is 22.2. The van der Waals surface area contributed by atoms with Gasteiger partial charge in [-0.2, -0.15) is 4.80 Å². The molecule has 1 N–H and O–H groups in total. The molecule has 0 bridgehead atoms. The van der Waals surface area contributed by atoms with E-state index in [0.29, 0.717) is 22.0 Å². The summed E-state index contributed by atoms with van der Waals surface area (Å²) in [5, 5.41) is 12.7. The lowest BCUT2D eigenvalue weighted by Crippen LogP contribution is -2.42. The quantitative estimate of drug-likeness (QED) is 0.451. The predicted molar refractivity (Wildman–Crippen MR) is 123 cm³/mol. The molecule has 0 radical (unpaired) electrons. The number of nitrogens with one attached hydrogen (secondary N) is 1. The molecule has 0 aliphatic carbocycles. The minimum atomic E-state index is -1.09. The highest BCUT2D eigenvalue weighted by atomic mass is 35.5. The topological polar surface area (TPSA) is 69.0 Å². The molecule has 0 aliphatic heterocycles. The monoisotopic (exact) mass is 434 g/mol. The number of aromatic nitrogens is 3. The smallest absolute Gasteiger partial charge is 0.267 e. The van der Waals surface area contributed by atoms with Crippen LogP contribution in [0.3, 0.4) is 0 Å². The summed E-state index contributed by atoms with van der Waals surface area (Å²) in [5.41, 5.74) is 3.97. The van der Waals surface area contributed by atoms with E-state index in [1.165, 1.54) is 5.56 Å². The van der Waals surface area contributed by atoms with E-state index >= 15 is 0 Å². The van der Waals surface area contributed by atoms with Gasteiger partial charge in [-0.1, -0.05) is 29.3 Å². The van der Waals surface area contributed by atoms with E-state index in [4.69, 9.17) is 16.3 Å². The van der Waals surface area contributed by atoms with Gasteiger partial charge in [0.15, 0.2) is 5.60 Å². The number of benzene rings is 3. The lowest BCUT2D eigenvalue weighted by molar-refractivity contribution is -0.128. The third kappa shape index (κ3) is 4.54. The first-order valence-electron chi connectivity index (χ1n) is 9.92. The van der Waals surface area contributed by atoms with Gasteiger partial charge >= 0.3 is 0 Å². The fourth-order valence-electron chi connectivity index (χ4n) is 3.11. The van der Waals surface area contributed by atoms with Crippen LogP contribution >= 0.6 is 11.6 Å². The lowest BCUT2D eigenvalue weighted by atomic mass is 10.1. The molecule has 6 nitrogen and oxygen atoms in total. The Morgan fingerprint density at radius 1 is 0.968 bits per heavy atom. The SMILES string of the molecule is Cc1ccc(-n2nc3cc(C)c(NC(=O)C(C)(C)Oc4ccc(Cl)cc4)cc3n2)cc1. The maximum Gasteiger partial charge on any atom is 0.267 e. The fourth-order valence-corrected chi connectivity index (χ4v) is 3.24. The minimum absolute atomic E-state index is 0.268. The summed E-state index contributed by atoms with van der Waals surface area (Å²) in [7, 11) is 0. The number of carbonyl (C=O) groups excluding carboxylic acids is 1. The van der Waals surface area contributed by atoms with Crippen molar-refractivity contribution in [3.63, 3.8) is 0 Å². The molecule has 1 amide bonds. The number of nitrogens with zero attached hydrogens (tertiary/aromatic N) is 3. The van der Waals surface area contributed by atoms with Crippen LogP contribution in [0.25, 0.3) is 16.7 Å². The molecule has 1 aromatic heterocycles. The predicted octanol–water partition coefficient (Wildman–Crippen LogP) is 5.49. The van der Waals surface area contributed by atoms with Crippen molar-refractivity contribution in [3.8, 4) is 11.4 Å². The van der Waals surface area contributed by atoms with Gasteiger partial charge in [-0.25, -0.2) is 0 Å². The molecule has 3 aromatic carbocycles. The van der Waals surface area contributed by atoms with E-state index in [0.717, 1.165) is 16.8 Å². The number of hydrogen-bond acceptors (Lipinski definition) is 4. The molecular formula is C24H23ClN4O2.